The zero-order chi connectivity index (χ0) is 16.3. The van der Waals surface area contributed by atoms with Gasteiger partial charge in [-0.3, -0.25) is 4.79 Å². The molecule has 0 radical (unpaired) electrons. The van der Waals surface area contributed by atoms with Crippen molar-refractivity contribution in [2.75, 3.05) is 0 Å². The molecular formula is C14H26N2O5. The lowest BCUT2D eigenvalue weighted by Gasteiger charge is -2.18. The molecule has 0 aromatic rings. The van der Waals surface area contributed by atoms with Crippen LogP contribution >= 0.6 is 0 Å². The molecule has 0 aliphatic rings. The number of nitrogens with one attached hydrogen (secondary N) is 2. The lowest BCUT2D eigenvalue weighted by Crippen LogP contribution is -2.48. The standard InChI is InChI=1S/C14H26N2O5/c1-3-4-5-7-10(2)15-14(21)16-11(13(19)20)8-6-9-12(17)18/h10-11H,3-9H2,1-2H3,(H,17,18)(H,19,20)(H2,15,16,21)/t10?,11-/m1/s1. The van der Waals surface area contributed by atoms with E-state index in [2.05, 4.69) is 17.6 Å². The lowest BCUT2D eigenvalue weighted by atomic mass is 10.1. The summed E-state index contributed by atoms with van der Waals surface area (Å²) in [5.74, 6) is -2.14. The maximum atomic E-state index is 11.7. The van der Waals surface area contributed by atoms with Gasteiger partial charge in [0.15, 0.2) is 0 Å². The Kier molecular flexibility index (Phi) is 10.0. The van der Waals surface area contributed by atoms with Crippen molar-refractivity contribution in [1.29, 1.82) is 0 Å². The van der Waals surface area contributed by atoms with Crippen LogP contribution < -0.4 is 10.6 Å². The highest BCUT2D eigenvalue weighted by molar-refractivity contribution is 5.82. The second-order valence-corrected chi connectivity index (χ2v) is 5.19. The fraction of sp³-hybridized carbons (Fsp3) is 0.786. The molecule has 0 spiro atoms. The van der Waals surface area contributed by atoms with Gasteiger partial charge in [0, 0.05) is 12.5 Å². The zero-order valence-corrected chi connectivity index (χ0v) is 12.7. The largest absolute Gasteiger partial charge is 0.481 e. The van der Waals surface area contributed by atoms with Gasteiger partial charge in [-0.25, -0.2) is 9.59 Å². The van der Waals surface area contributed by atoms with Gasteiger partial charge < -0.3 is 20.8 Å². The molecule has 0 saturated heterocycles. The van der Waals surface area contributed by atoms with Crippen LogP contribution in [0.3, 0.4) is 0 Å². The van der Waals surface area contributed by atoms with Gasteiger partial charge >= 0.3 is 18.0 Å². The van der Waals surface area contributed by atoms with Crippen molar-refractivity contribution in [2.24, 2.45) is 0 Å². The molecule has 7 heteroatoms. The molecule has 7 nitrogen and oxygen atoms in total. The Hall–Kier alpha value is -1.79. The average Bonchev–Trinajstić information content (AvgIpc) is 2.37. The first-order valence-corrected chi connectivity index (χ1v) is 7.38. The molecule has 0 aliphatic heterocycles. The van der Waals surface area contributed by atoms with Crippen LogP contribution in [0, 0.1) is 0 Å². The first-order valence-electron chi connectivity index (χ1n) is 7.38. The van der Waals surface area contributed by atoms with Crippen molar-refractivity contribution in [3.05, 3.63) is 0 Å². The molecule has 0 heterocycles. The number of carbonyl (C=O) groups is 3. The Bertz CT molecular complexity index is 346. The molecule has 1 unspecified atom stereocenters. The van der Waals surface area contributed by atoms with Crippen LogP contribution in [0.25, 0.3) is 0 Å². The highest BCUT2D eigenvalue weighted by atomic mass is 16.4. The Morgan fingerprint density at radius 2 is 1.67 bits per heavy atom. The third-order valence-electron chi connectivity index (χ3n) is 3.11. The number of hydrogen-bond donors (Lipinski definition) is 4. The number of rotatable bonds is 11. The van der Waals surface area contributed by atoms with Crippen LogP contribution in [-0.4, -0.2) is 40.3 Å². The van der Waals surface area contributed by atoms with E-state index in [0.717, 1.165) is 25.7 Å². The van der Waals surface area contributed by atoms with Crippen molar-refractivity contribution >= 4 is 18.0 Å². The zero-order valence-electron chi connectivity index (χ0n) is 12.7. The van der Waals surface area contributed by atoms with Crippen LogP contribution in [-0.2, 0) is 9.59 Å². The topological polar surface area (TPSA) is 116 Å². The first kappa shape index (κ1) is 19.2. The van der Waals surface area contributed by atoms with Gasteiger partial charge in [-0.15, -0.1) is 0 Å². The third kappa shape index (κ3) is 10.6. The van der Waals surface area contributed by atoms with Gasteiger partial charge in [0.2, 0.25) is 0 Å². The fourth-order valence-electron chi connectivity index (χ4n) is 1.91. The van der Waals surface area contributed by atoms with Crippen molar-refractivity contribution in [2.45, 2.75) is 70.9 Å². The Balaban J connectivity index is 4.10. The van der Waals surface area contributed by atoms with E-state index in [0.29, 0.717) is 0 Å². The maximum absolute atomic E-state index is 11.7. The van der Waals surface area contributed by atoms with Crippen LogP contribution in [0.1, 0.15) is 58.8 Å². The number of hydrogen-bond acceptors (Lipinski definition) is 3. The first-order chi connectivity index (χ1) is 9.86. The molecule has 0 aromatic carbocycles. The van der Waals surface area contributed by atoms with E-state index in [-0.39, 0.29) is 25.3 Å². The summed E-state index contributed by atoms with van der Waals surface area (Å²) in [5, 5.41) is 22.6. The summed E-state index contributed by atoms with van der Waals surface area (Å²) in [6.07, 6.45) is 4.25. The minimum Gasteiger partial charge on any atom is -0.481 e. The molecule has 0 aromatic heterocycles. The summed E-state index contributed by atoms with van der Waals surface area (Å²) >= 11 is 0. The van der Waals surface area contributed by atoms with E-state index in [9.17, 15) is 14.4 Å². The predicted octanol–water partition coefficient (Wildman–Crippen LogP) is 1.96. The minimum absolute atomic E-state index is 0.0231. The summed E-state index contributed by atoms with van der Waals surface area (Å²) in [6, 6.07) is -1.61. The third-order valence-corrected chi connectivity index (χ3v) is 3.11. The average molecular weight is 302 g/mol. The molecular weight excluding hydrogens is 276 g/mol. The smallest absolute Gasteiger partial charge is 0.326 e. The summed E-state index contributed by atoms with van der Waals surface area (Å²) in [4.78, 5) is 33.1. The molecule has 0 bridgehead atoms. The second-order valence-electron chi connectivity index (χ2n) is 5.19. The number of carbonyl (C=O) groups excluding carboxylic acids is 1. The van der Waals surface area contributed by atoms with Crippen molar-refractivity contribution in [1.82, 2.24) is 10.6 Å². The van der Waals surface area contributed by atoms with Gasteiger partial charge in [-0.1, -0.05) is 26.2 Å². The van der Waals surface area contributed by atoms with E-state index in [1.165, 1.54) is 0 Å². The highest BCUT2D eigenvalue weighted by Crippen LogP contribution is 2.04. The van der Waals surface area contributed by atoms with Crippen LogP contribution in [0.2, 0.25) is 0 Å². The number of amides is 2. The van der Waals surface area contributed by atoms with Gasteiger partial charge in [0.1, 0.15) is 6.04 Å². The molecule has 4 N–H and O–H groups in total. The molecule has 122 valence electrons. The molecule has 0 saturated carbocycles. The van der Waals surface area contributed by atoms with Gasteiger partial charge in [0.05, 0.1) is 0 Å². The molecule has 0 rings (SSSR count). The second kappa shape index (κ2) is 10.9. The van der Waals surface area contributed by atoms with E-state index in [4.69, 9.17) is 10.2 Å². The van der Waals surface area contributed by atoms with Crippen molar-refractivity contribution in [3.63, 3.8) is 0 Å². The van der Waals surface area contributed by atoms with Crippen LogP contribution in [0.4, 0.5) is 4.79 Å². The SMILES string of the molecule is CCCCCC(C)NC(=O)N[C@H](CCCC(=O)O)C(=O)O. The summed E-state index contributed by atoms with van der Waals surface area (Å²) < 4.78 is 0. The number of carboxylic acids is 2. The number of unbranched alkanes of at least 4 members (excludes halogenated alkanes) is 2. The van der Waals surface area contributed by atoms with Gasteiger partial charge in [-0.05, 0) is 26.2 Å². The normalized spacial score (nSPS) is 13.2. The summed E-state index contributed by atoms with van der Waals surface area (Å²) in [5.41, 5.74) is 0. The van der Waals surface area contributed by atoms with Crippen LogP contribution in [0.15, 0.2) is 0 Å². The quantitative estimate of drug-likeness (QED) is 0.435. The van der Waals surface area contributed by atoms with Crippen molar-refractivity contribution in [3.8, 4) is 0 Å². The maximum Gasteiger partial charge on any atom is 0.326 e. The number of aliphatic carboxylic acids is 2. The molecule has 2 atom stereocenters. The minimum atomic E-state index is -1.16. The van der Waals surface area contributed by atoms with Crippen molar-refractivity contribution < 1.29 is 24.6 Å². The molecule has 0 fully saturated rings. The highest BCUT2D eigenvalue weighted by Gasteiger charge is 2.20. The number of urea groups is 1. The number of carboxylic acid groups (broad SMARTS) is 2. The van der Waals surface area contributed by atoms with E-state index in [1.807, 2.05) is 6.92 Å². The Morgan fingerprint density at radius 1 is 1.00 bits per heavy atom. The summed E-state index contributed by atoms with van der Waals surface area (Å²) in [6.45, 7) is 3.97. The lowest BCUT2D eigenvalue weighted by molar-refractivity contribution is -0.140. The molecule has 0 aliphatic carbocycles. The Morgan fingerprint density at radius 3 is 2.19 bits per heavy atom. The van der Waals surface area contributed by atoms with E-state index < -0.39 is 24.0 Å². The molecule has 2 amide bonds. The fourth-order valence-corrected chi connectivity index (χ4v) is 1.91. The molecule has 21 heavy (non-hydrogen) atoms. The van der Waals surface area contributed by atoms with Gasteiger partial charge in [-0.2, -0.15) is 0 Å². The monoisotopic (exact) mass is 302 g/mol. The van der Waals surface area contributed by atoms with Crippen LogP contribution in [0.5, 0.6) is 0 Å². The van der Waals surface area contributed by atoms with Gasteiger partial charge in [0.25, 0.3) is 0 Å². The predicted molar refractivity (Wildman–Crippen MR) is 78.2 cm³/mol. The van der Waals surface area contributed by atoms with E-state index in [1.54, 1.807) is 0 Å². The van der Waals surface area contributed by atoms with E-state index >= 15 is 0 Å². The summed E-state index contributed by atoms with van der Waals surface area (Å²) in [7, 11) is 0. The Labute approximate surface area is 125 Å².